The molecule has 0 radical (unpaired) electrons. The number of rotatable bonds is 3. The van der Waals surface area contributed by atoms with Gasteiger partial charge in [-0.05, 0) is 44.7 Å². The fourth-order valence-electron chi connectivity index (χ4n) is 4.17. The minimum Gasteiger partial charge on any atom is -0.375 e. The molecule has 126 valence electrons. The van der Waals surface area contributed by atoms with Gasteiger partial charge in [0.2, 0.25) is 5.91 Å². The standard InChI is InChI=1S/C19H28N2O2/c1-3-21(16(2)22)18-9-14-23-19(15-18)10-12-20(13-11-19)17-7-5-4-6-8-17/h4-8,18H,3,9-15H2,1-2H3/t18-/m1/s1. The third-order valence-corrected chi connectivity index (χ3v) is 5.45. The highest BCUT2D eigenvalue weighted by molar-refractivity contribution is 5.73. The van der Waals surface area contributed by atoms with Crippen molar-refractivity contribution in [1.29, 1.82) is 0 Å². The van der Waals surface area contributed by atoms with Crippen molar-refractivity contribution >= 4 is 11.6 Å². The summed E-state index contributed by atoms with van der Waals surface area (Å²) in [7, 11) is 0. The molecule has 2 aliphatic rings. The molecule has 4 nitrogen and oxygen atoms in total. The van der Waals surface area contributed by atoms with Gasteiger partial charge in [0.15, 0.2) is 0 Å². The SMILES string of the molecule is CCN(C(C)=O)[C@@H]1CCOC2(CCN(c3ccccc3)CC2)C1. The zero-order chi connectivity index (χ0) is 16.3. The van der Waals surface area contributed by atoms with E-state index in [-0.39, 0.29) is 11.5 Å². The van der Waals surface area contributed by atoms with Crippen LogP contribution in [0.25, 0.3) is 0 Å². The molecule has 1 aromatic rings. The second kappa shape index (κ2) is 6.91. The normalized spacial score (nSPS) is 23.7. The Balaban J connectivity index is 1.64. The van der Waals surface area contributed by atoms with E-state index in [9.17, 15) is 4.79 Å². The van der Waals surface area contributed by atoms with Crippen molar-refractivity contribution in [2.24, 2.45) is 0 Å². The van der Waals surface area contributed by atoms with Crippen LogP contribution in [0.15, 0.2) is 30.3 Å². The number of carbonyl (C=O) groups excluding carboxylic acids is 1. The second-order valence-electron chi connectivity index (χ2n) is 6.81. The summed E-state index contributed by atoms with van der Waals surface area (Å²) in [6, 6.07) is 11.0. The molecule has 2 heterocycles. The Morgan fingerprint density at radius 2 is 2.00 bits per heavy atom. The van der Waals surface area contributed by atoms with Gasteiger partial charge < -0.3 is 14.5 Å². The molecule has 2 saturated heterocycles. The highest BCUT2D eigenvalue weighted by Crippen LogP contribution is 2.37. The maximum Gasteiger partial charge on any atom is 0.219 e. The van der Waals surface area contributed by atoms with Crippen LogP contribution >= 0.6 is 0 Å². The van der Waals surface area contributed by atoms with Crippen molar-refractivity contribution in [1.82, 2.24) is 4.90 Å². The predicted molar refractivity (Wildman–Crippen MR) is 92.7 cm³/mol. The van der Waals surface area contributed by atoms with Crippen LogP contribution in [-0.2, 0) is 9.53 Å². The number of ether oxygens (including phenoxy) is 1. The monoisotopic (exact) mass is 316 g/mol. The van der Waals surface area contributed by atoms with Gasteiger partial charge in [-0.1, -0.05) is 18.2 Å². The molecule has 0 N–H and O–H groups in total. The van der Waals surface area contributed by atoms with E-state index < -0.39 is 0 Å². The number of hydrogen-bond donors (Lipinski definition) is 0. The zero-order valence-electron chi connectivity index (χ0n) is 14.3. The fourth-order valence-corrected chi connectivity index (χ4v) is 4.17. The fraction of sp³-hybridized carbons (Fsp3) is 0.632. The van der Waals surface area contributed by atoms with E-state index >= 15 is 0 Å². The number of benzene rings is 1. The van der Waals surface area contributed by atoms with Crippen molar-refractivity contribution in [3.05, 3.63) is 30.3 Å². The highest BCUT2D eigenvalue weighted by atomic mass is 16.5. The minimum atomic E-state index is -0.0307. The van der Waals surface area contributed by atoms with Gasteiger partial charge in [0.1, 0.15) is 0 Å². The molecule has 1 amide bonds. The lowest BCUT2D eigenvalue weighted by Crippen LogP contribution is -2.54. The van der Waals surface area contributed by atoms with Crippen LogP contribution in [0.3, 0.4) is 0 Å². The van der Waals surface area contributed by atoms with E-state index in [1.165, 1.54) is 5.69 Å². The third-order valence-electron chi connectivity index (χ3n) is 5.45. The molecule has 1 atom stereocenters. The van der Waals surface area contributed by atoms with E-state index in [0.717, 1.165) is 51.9 Å². The quantitative estimate of drug-likeness (QED) is 0.859. The van der Waals surface area contributed by atoms with Gasteiger partial charge >= 0.3 is 0 Å². The number of hydrogen-bond acceptors (Lipinski definition) is 3. The van der Waals surface area contributed by atoms with Crippen LogP contribution in [0, 0.1) is 0 Å². The lowest BCUT2D eigenvalue weighted by molar-refractivity contribution is -0.143. The molecule has 1 spiro atoms. The van der Waals surface area contributed by atoms with E-state index in [1.54, 1.807) is 6.92 Å². The smallest absolute Gasteiger partial charge is 0.219 e. The van der Waals surface area contributed by atoms with Crippen LogP contribution in [0.2, 0.25) is 0 Å². The summed E-state index contributed by atoms with van der Waals surface area (Å²) < 4.78 is 6.23. The Hall–Kier alpha value is -1.55. The molecule has 1 aromatic carbocycles. The van der Waals surface area contributed by atoms with E-state index in [1.807, 2.05) is 4.90 Å². The van der Waals surface area contributed by atoms with Crippen molar-refractivity contribution in [2.75, 3.05) is 31.1 Å². The van der Waals surface area contributed by atoms with Crippen LogP contribution < -0.4 is 4.90 Å². The van der Waals surface area contributed by atoms with Crippen molar-refractivity contribution in [2.45, 2.75) is 51.2 Å². The maximum atomic E-state index is 11.9. The lowest BCUT2D eigenvalue weighted by atomic mass is 9.81. The summed E-state index contributed by atoms with van der Waals surface area (Å²) in [6.07, 6.45) is 4.06. The summed E-state index contributed by atoms with van der Waals surface area (Å²) in [4.78, 5) is 16.3. The van der Waals surface area contributed by atoms with Crippen LogP contribution in [0.1, 0.15) is 39.5 Å². The number of nitrogens with zero attached hydrogens (tertiary/aromatic N) is 2. The lowest BCUT2D eigenvalue weighted by Gasteiger charge is -2.48. The van der Waals surface area contributed by atoms with E-state index in [2.05, 4.69) is 42.2 Å². The second-order valence-corrected chi connectivity index (χ2v) is 6.81. The van der Waals surface area contributed by atoms with Crippen molar-refractivity contribution in [3.63, 3.8) is 0 Å². The first-order valence-electron chi connectivity index (χ1n) is 8.85. The Kier molecular flexibility index (Phi) is 4.90. The zero-order valence-corrected chi connectivity index (χ0v) is 14.3. The number of para-hydroxylation sites is 1. The molecule has 0 aromatic heterocycles. The first-order chi connectivity index (χ1) is 11.1. The Morgan fingerprint density at radius 3 is 2.61 bits per heavy atom. The summed E-state index contributed by atoms with van der Waals surface area (Å²) in [5.41, 5.74) is 1.27. The average Bonchev–Trinajstić information content (AvgIpc) is 2.57. The minimum absolute atomic E-state index is 0.0307. The first-order valence-corrected chi connectivity index (χ1v) is 8.85. The van der Waals surface area contributed by atoms with Gasteiger partial charge in [-0.3, -0.25) is 4.79 Å². The van der Waals surface area contributed by atoms with Gasteiger partial charge in [-0.25, -0.2) is 0 Å². The number of amides is 1. The molecule has 3 rings (SSSR count). The molecule has 0 saturated carbocycles. The predicted octanol–water partition coefficient (Wildman–Crippen LogP) is 3.07. The largest absolute Gasteiger partial charge is 0.375 e. The molecule has 4 heteroatoms. The van der Waals surface area contributed by atoms with Gasteiger partial charge in [-0.2, -0.15) is 0 Å². The van der Waals surface area contributed by atoms with Gasteiger partial charge in [0.05, 0.1) is 5.60 Å². The molecular weight excluding hydrogens is 288 g/mol. The molecule has 2 fully saturated rings. The number of carbonyl (C=O) groups is 1. The van der Waals surface area contributed by atoms with Gasteiger partial charge in [0, 0.05) is 44.9 Å². The van der Waals surface area contributed by atoms with Gasteiger partial charge in [-0.15, -0.1) is 0 Å². The van der Waals surface area contributed by atoms with E-state index in [0.29, 0.717) is 6.04 Å². The Labute approximate surface area is 139 Å². The summed E-state index contributed by atoms with van der Waals surface area (Å²) in [5.74, 6) is 0.191. The van der Waals surface area contributed by atoms with Crippen LogP contribution in [0.4, 0.5) is 5.69 Å². The topological polar surface area (TPSA) is 32.8 Å². The average molecular weight is 316 g/mol. The Morgan fingerprint density at radius 1 is 1.30 bits per heavy atom. The van der Waals surface area contributed by atoms with Crippen molar-refractivity contribution in [3.8, 4) is 0 Å². The number of anilines is 1. The van der Waals surface area contributed by atoms with Crippen LogP contribution in [-0.4, -0.2) is 48.7 Å². The summed E-state index contributed by atoms with van der Waals surface area (Å²) in [5, 5.41) is 0. The molecular formula is C19H28N2O2. The molecule has 2 aliphatic heterocycles. The first kappa shape index (κ1) is 16.3. The summed E-state index contributed by atoms with van der Waals surface area (Å²) >= 11 is 0. The highest BCUT2D eigenvalue weighted by Gasteiger charge is 2.42. The van der Waals surface area contributed by atoms with Gasteiger partial charge in [0.25, 0.3) is 0 Å². The third kappa shape index (κ3) is 3.52. The van der Waals surface area contributed by atoms with Crippen LogP contribution in [0.5, 0.6) is 0 Å². The van der Waals surface area contributed by atoms with Crippen molar-refractivity contribution < 1.29 is 9.53 Å². The van der Waals surface area contributed by atoms with E-state index in [4.69, 9.17) is 4.74 Å². The number of piperidine rings is 1. The molecule has 0 aliphatic carbocycles. The molecule has 0 unspecified atom stereocenters. The maximum absolute atomic E-state index is 11.9. The molecule has 0 bridgehead atoms. The summed E-state index contributed by atoms with van der Waals surface area (Å²) in [6.45, 7) is 7.39. The molecule has 23 heavy (non-hydrogen) atoms. The Bertz CT molecular complexity index is 523.